The Labute approximate surface area is 131 Å². The summed E-state index contributed by atoms with van der Waals surface area (Å²) in [6.45, 7) is -0.620. The van der Waals surface area contributed by atoms with Crippen LogP contribution in [0.5, 0.6) is 0 Å². The van der Waals surface area contributed by atoms with Gasteiger partial charge in [0.25, 0.3) is 0 Å². The van der Waals surface area contributed by atoms with Gasteiger partial charge in [-0.2, -0.15) is 0 Å². The summed E-state index contributed by atoms with van der Waals surface area (Å²) in [5.41, 5.74) is 3.57. The van der Waals surface area contributed by atoms with E-state index < -0.39 is 73.9 Å². The highest BCUT2D eigenvalue weighted by Crippen LogP contribution is 2.28. The lowest BCUT2D eigenvalue weighted by atomic mass is 9.84. The van der Waals surface area contributed by atoms with Gasteiger partial charge in [-0.15, -0.1) is 0 Å². The van der Waals surface area contributed by atoms with Crippen LogP contribution >= 0.6 is 0 Å². The van der Waals surface area contributed by atoms with E-state index in [1.54, 1.807) is 0 Å². The first-order chi connectivity index (χ1) is 10.7. The van der Waals surface area contributed by atoms with Crippen LogP contribution in [0.15, 0.2) is 0 Å². The van der Waals surface area contributed by atoms with Crippen molar-refractivity contribution in [2.24, 2.45) is 0 Å². The number of quaternary nitrogens is 1. The summed E-state index contributed by atoms with van der Waals surface area (Å²) in [6, 6.07) is -1.03. The Kier molecular flexibility index (Phi) is 5.92. The Morgan fingerprint density at radius 1 is 0.739 bits per heavy atom. The number of rotatable bonds is 3. The molecule has 2 rings (SSSR count). The summed E-state index contributed by atoms with van der Waals surface area (Å²) >= 11 is 0. The molecule has 1 saturated carbocycles. The van der Waals surface area contributed by atoms with E-state index in [1.807, 2.05) is 0 Å². The zero-order valence-corrected chi connectivity index (χ0v) is 12.2. The summed E-state index contributed by atoms with van der Waals surface area (Å²) in [5.74, 6) is 0. The molecular weight excluding hydrogens is 318 g/mol. The minimum atomic E-state index is -1.77. The zero-order valence-electron chi connectivity index (χ0n) is 12.2. The smallest absolute Gasteiger partial charge is 0.214 e. The molecule has 11 atom stereocenters. The normalized spacial score (nSPS) is 54.9. The quantitative estimate of drug-likeness (QED) is 0.237. The van der Waals surface area contributed by atoms with Gasteiger partial charge in [0.15, 0.2) is 6.04 Å². The molecule has 0 spiro atoms. The monoisotopic (exact) mass is 342 g/mol. The Morgan fingerprint density at radius 2 is 1.22 bits per heavy atom. The molecule has 11 N–H and O–H groups in total. The van der Waals surface area contributed by atoms with Crippen LogP contribution in [0.1, 0.15) is 0 Å². The van der Waals surface area contributed by atoms with E-state index in [4.69, 9.17) is 14.6 Å². The summed E-state index contributed by atoms with van der Waals surface area (Å²) < 4.78 is 10.5. The maximum absolute atomic E-state index is 9.91. The number of hydrogen-bond donors (Lipinski definition) is 9. The van der Waals surface area contributed by atoms with Crippen molar-refractivity contribution in [3.05, 3.63) is 0 Å². The van der Waals surface area contributed by atoms with Gasteiger partial charge in [0, 0.05) is 0 Å². The van der Waals surface area contributed by atoms with Crippen LogP contribution in [0.3, 0.4) is 0 Å². The van der Waals surface area contributed by atoms with Crippen LogP contribution in [0.2, 0.25) is 0 Å². The molecule has 2 fully saturated rings. The predicted octanol–water partition coefficient (Wildman–Crippen LogP) is -6.76. The van der Waals surface area contributed by atoms with E-state index in [0.717, 1.165) is 0 Å². The number of aliphatic hydroxyl groups is 8. The Hall–Kier alpha value is -0.440. The van der Waals surface area contributed by atoms with Crippen molar-refractivity contribution >= 4 is 0 Å². The van der Waals surface area contributed by atoms with Gasteiger partial charge in [-0.05, 0) is 0 Å². The molecule has 0 aromatic heterocycles. The molecule has 0 aromatic carbocycles. The topological polar surface area (TPSA) is 208 Å². The molecule has 0 amide bonds. The van der Waals surface area contributed by atoms with Crippen molar-refractivity contribution in [1.29, 1.82) is 0 Å². The second-order valence-corrected chi connectivity index (χ2v) is 5.92. The molecule has 1 aliphatic carbocycles. The van der Waals surface area contributed by atoms with Crippen LogP contribution in [0.25, 0.3) is 0 Å². The highest BCUT2D eigenvalue weighted by atomic mass is 16.7. The predicted molar refractivity (Wildman–Crippen MR) is 69.3 cm³/mol. The molecule has 0 aromatic rings. The molecule has 0 radical (unpaired) electrons. The molecule has 1 saturated heterocycles. The average molecular weight is 342 g/mol. The van der Waals surface area contributed by atoms with E-state index in [-0.39, 0.29) is 0 Å². The highest BCUT2D eigenvalue weighted by molar-refractivity contribution is 5.00. The fourth-order valence-electron chi connectivity index (χ4n) is 2.78. The summed E-state index contributed by atoms with van der Waals surface area (Å²) in [4.78, 5) is 0. The van der Waals surface area contributed by atoms with Gasteiger partial charge in [-0.3, -0.25) is 0 Å². The third-order valence-corrected chi connectivity index (χ3v) is 4.37. The third-order valence-electron chi connectivity index (χ3n) is 4.37. The Morgan fingerprint density at radius 3 is 1.70 bits per heavy atom. The van der Waals surface area contributed by atoms with Crippen LogP contribution in [-0.2, 0) is 9.47 Å². The molecule has 11 heteroatoms. The Bertz CT molecular complexity index is 382. The van der Waals surface area contributed by atoms with Crippen molar-refractivity contribution < 1.29 is 56.1 Å². The third kappa shape index (κ3) is 3.36. The van der Waals surface area contributed by atoms with E-state index in [1.165, 1.54) is 0 Å². The Balaban J connectivity index is 2.13. The van der Waals surface area contributed by atoms with Crippen molar-refractivity contribution in [2.75, 3.05) is 6.61 Å². The fraction of sp³-hybridized carbons (Fsp3) is 1.00. The van der Waals surface area contributed by atoms with Crippen molar-refractivity contribution in [1.82, 2.24) is 0 Å². The first-order valence-electron chi connectivity index (χ1n) is 7.22. The van der Waals surface area contributed by atoms with Gasteiger partial charge < -0.3 is 56.1 Å². The molecule has 2 unspecified atom stereocenters. The van der Waals surface area contributed by atoms with Gasteiger partial charge in [0.2, 0.25) is 6.29 Å². The van der Waals surface area contributed by atoms with Crippen LogP contribution in [0.4, 0.5) is 0 Å². The summed E-state index contributed by atoms with van der Waals surface area (Å²) in [7, 11) is 0. The van der Waals surface area contributed by atoms with Crippen molar-refractivity contribution in [3.8, 4) is 0 Å². The number of hydrogen-bond acceptors (Lipinski definition) is 10. The standard InChI is InChI=1S/C12H23NO10/c13-3-5(16)4(15)2(1-14)22-12(3)23-11-9(20)7(18)6(17)8(19)10(11)21/h2-12,14-21H,1,13H2/p+1/t2-,3-,4-,5-,6?,7-,8+,9-,10-,11?,12-/m1/s1. The van der Waals surface area contributed by atoms with Gasteiger partial charge in [-0.25, -0.2) is 0 Å². The van der Waals surface area contributed by atoms with E-state index in [2.05, 4.69) is 5.73 Å². The van der Waals surface area contributed by atoms with E-state index >= 15 is 0 Å². The van der Waals surface area contributed by atoms with Gasteiger partial charge in [0.05, 0.1) is 6.61 Å². The summed E-state index contributed by atoms with van der Waals surface area (Å²) in [5, 5.41) is 77.3. The van der Waals surface area contributed by atoms with Gasteiger partial charge in [0.1, 0.15) is 54.9 Å². The maximum Gasteiger partial charge on any atom is 0.214 e. The lowest BCUT2D eigenvalue weighted by Gasteiger charge is -2.45. The largest absolute Gasteiger partial charge is 0.394 e. The molecule has 23 heavy (non-hydrogen) atoms. The first kappa shape index (κ1) is 18.9. The van der Waals surface area contributed by atoms with Gasteiger partial charge in [-0.1, -0.05) is 0 Å². The van der Waals surface area contributed by atoms with Crippen molar-refractivity contribution in [3.63, 3.8) is 0 Å². The molecular formula is C12H24NO10+. The second kappa shape index (κ2) is 7.21. The van der Waals surface area contributed by atoms with Crippen LogP contribution in [-0.4, -0.2) is 115 Å². The van der Waals surface area contributed by atoms with E-state index in [9.17, 15) is 35.7 Å². The van der Waals surface area contributed by atoms with Crippen LogP contribution in [0, 0.1) is 0 Å². The number of aliphatic hydroxyl groups excluding tert-OH is 8. The SMILES string of the molecule is [NH3+][C@H]1[C@@H](OC2[C@H](O)[C@H](O)C(O)[C@H](O)[C@H]2O)O[C@H](CO)[C@@H](O)[C@@H]1O. The lowest BCUT2D eigenvalue weighted by Crippen LogP contribution is -2.79. The molecule has 1 heterocycles. The first-order valence-corrected chi connectivity index (χ1v) is 7.22. The molecule has 1 aliphatic heterocycles. The molecule has 136 valence electrons. The number of ether oxygens (including phenoxy) is 2. The molecule has 11 nitrogen and oxygen atoms in total. The fourth-order valence-corrected chi connectivity index (χ4v) is 2.78. The molecule has 2 aliphatic rings. The van der Waals surface area contributed by atoms with Gasteiger partial charge >= 0.3 is 0 Å². The van der Waals surface area contributed by atoms with E-state index in [0.29, 0.717) is 0 Å². The average Bonchev–Trinajstić information content (AvgIpc) is 2.54. The van der Waals surface area contributed by atoms with Crippen molar-refractivity contribution in [2.45, 2.75) is 67.3 Å². The minimum absolute atomic E-state index is 0.620. The lowest BCUT2D eigenvalue weighted by molar-refractivity contribution is -0.506. The highest BCUT2D eigenvalue weighted by Gasteiger charge is 2.53. The summed E-state index contributed by atoms with van der Waals surface area (Å²) in [6.07, 6.45) is -15.6. The second-order valence-electron chi connectivity index (χ2n) is 5.92. The maximum atomic E-state index is 9.91. The van der Waals surface area contributed by atoms with Crippen LogP contribution < -0.4 is 5.73 Å². The minimum Gasteiger partial charge on any atom is -0.394 e. The zero-order chi connectivity index (χ0) is 17.5. The molecule has 0 bridgehead atoms.